The second-order valence-electron chi connectivity index (χ2n) is 4.01. The molecule has 2 rings (SSSR count). The minimum Gasteiger partial charge on any atom is -0.435 e. The van der Waals surface area contributed by atoms with Crippen LogP contribution in [-0.2, 0) is 0 Å². The van der Waals surface area contributed by atoms with Crippen LogP contribution in [0.15, 0.2) is 30.3 Å². The van der Waals surface area contributed by atoms with Crippen molar-refractivity contribution in [3.05, 3.63) is 46.7 Å². The van der Waals surface area contributed by atoms with Gasteiger partial charge in [0, 0.05) is 11.3 Å². The average Bonchev–Trinajstić information content (AvgIpc) is 2.37. The molecule has 1 heterocycles. The Morgan fingerprint density at radius 1 is 1.29 bits per heavy atom. The van der Waals surface area contributed by atoms with E-state index in [1.807, 2.05) is 0 Å². The Kier molecular flexibility index (Phi) is 4.64. The first-order valence-corrected chi connectivity index (χ1v) is 6.19. The maximum atomic E-state index is 12.0. The number of aromatic nitrogens is 2. The molecule has 0 spiro atoms. The van der Waals surface area contributed by atoms with Crippen molar-refractivity contribution < 1.29 is 18.3 Å². The Balaban J connectivity index is 2.09. The second-order valence-corrected chi connectivity index (χ2v) is 4.40. The van der Waals surface area contributed by atoms with E-state index >= 15 is 0 Å². The summed E-state index contributed by atoms with van der Waals surface area (Å²) in [4.78, 5) is 19.8. The number of anilines is 1. The van der Waals surface area contributed by atoms with Gasteiger partial charge in [0.1, 0.15) is 10.9 Å². The number of carbonyl (C=O) groups excluding carboxylic acids is 1. The van der Waals surface area contributed by atoms with Crippen LogP contribution in [0, 0.1) is 6.92 Å². The summed E-state index contributed by atoms with van der Waals surface area (Å²) in [5, 5.41) is 2.67. The molecule has 1 aromatic carbocycles. The number of alkyl halides is 2. The number of ether oxygens (including phenoxy) is 1. The van der Waals surface area contributed by atoms with Crippen molar-refractivity contribution in [3.63, 3.8) is 0 Å². The molecule has 0 saturated carbocycles. The average molecular weight is 314 g/mol. The number of nitrogens with zero attached hydrogens (tertiary/aromatic N) is 2. The van der Waals surface area contributed by atoms with Crippen LogP contribution >= 0.6 is 11.6 Å². The van der Waals surface area contributed by atoms with Gasteiger partial charge in [-0.25, -0.2) is 9.97 Å². The van der Waals surface area contributed by atoms with E-state index in [0.717, 1.165) is 0 Å². The van der Waals surface area contributed by atoms with E-state index in [1.165, 1.54) is 24.3 Å². The fourth-order valence-electron chi connectivity index (χ4n) is 1.55. The van der Waals surface area contributed by atoms with Crippen LogP contribution in [0.5, 0.6) is 5.75 Å². The fraction of sp³-hybridized carbons (Fsp3) is 0.154. The Bertz CT molecular complexity index is 630. The molecule has 0 radical (unpaired) electrons. The number of hydrogen-bond acceptors (Lipinski definition) is 4. The minimum atomic E-state index is -2.91. The molecule has 0 fully saturated rings. The van der Waals surface area contributed by atoms with Crippen LogP contribution < -0.4 is 10.1 Å². The third-order valence-corrected chi connectivity index (χ3v) is 2.58. The van der Waals surface area contributed by atoms with Crippen LogP contribution in [0.2, 0.25) is 5.15 Å². The lowest BCUT2D eigenvalue weighted by molar-refractivity contribution is -0.0498. The lowest BCUT2D eigenvalue weighted by atomic mass is 10.2. The zero-order chi connectivity index (χ0) is 15.4. The van der Waals surface area contributed by atoms with Crippen molar-refractivity contribution in [2.75, 3.05) is 5.32 Å². The zero-order valence-corrected chi connectivity index (χ0v) is 11.6. The molecule has 1 aromatic heterocycles. The topological polar surface area (TPSA) is 64.1 Å². The number of rotatable bonds is 4. The van der Waals surface area contributed by atoms with Gasteiger partial charge >= 0.3 is 6.61 Å². The van der Waals surface area contributed by atoms with Crippen LogP contribution in [0.4, 0.5) is 14.7 Å². The molecule has 0 unspecified atom stereocenters. The predicted molar refractivity (Wildman–Crippen MR) is 72.8 cm³/mol. The Labute approximate surface area is 123 Å². The highest BCUT2D eigenvalue weighted by atomic mass is 35.5. The standard InChI is InChI=1S/C13H10ClF2N3O2/c1-7-6-10(14)18-13(17-7)19-11(20)8-2-4-9(5-3-8)21-12(15)16/h2-6,12H,1H3,(H,17,18,19,20). The van der Waals surface area contributed by atoms with Gasteiger partial charge in [0.25, 0.3) is 5.91 Å². The van der Waals surface area contributed by atoms with Gasteiger partial charge in [-0.3, -0.25) is 10.1 Å². The largest absolute Gasteiger partial charge is 0.435 e. The number of halogens is 3. The lowest BCUT2D eigenvalue weighted by Gasteiger charge is -2.07. The minimum absolute atomic E-state index is 0.0311. The van der Waals surface area contributed by atoms with Gasteiger partial charge in [0.2, 0.25) is 5.95 Å². The SMILES string of the molecule is Cc1cc(Cl)nc(NC(=O)c2ccc(OC(F)F)cc2)n1. The molecular formula is C13H10ClF2N3O2. The molecule has 1 N–H and O–H groups in total. The monoisotopic (exact) mass is 313 g/mol. The molecule has 110 valence electrons. The number of carbonyl (C=O) groups is 1. The van der Waals surface area contributed by atoms with Crippen molar-refractivity contribution in [3.8, 4) is 5.75 Å². The highest BCUT2D eigenvalue weighted by Gasteiger charge is 2.10. The van der Waals surface area contributed by atoms with E-state index in [-0.39, 0.29) is 22.4 Å². The van der Waals surface area contributed by atoms with Crippen LogP contribution in [-0.4, -0.2) is 22.5 Å². The van der Waals surface area contributed by atoms with Gasteiger partial charge in [-0.1, -0.05) is 11.6 Å². The van der Waals surface area contributed by atoms with E-state index < -0.39 is 12.5 Å². The molecule has 0 bridgehead atoms. The normalized spacial score (nSPS) is 10.5. The highest BCUT2D eigenvalue weighted by molar-refractivity contribution is 6.29. The molecule has 0 saturated heterocycles. The van der Waals surface area contributed by atoms with Gasteiger partial charge < -0.3 is 4.74 Å². The van der Waals surface area contributed by atoms with Gasteiger partial charge in [-0.05, 0) is 37.3 Å². The van der Waals surface area contributed by atoms with Crippen molar-refractivity contribution in [1.29, 1.82) is 0 Å². The van der Waals surface area contributed by atoms with E-state index in [9.17, 15) is 13.6 Å². The van der Waals surface area contributed by atoms with Gasteiger partial charge in [-0.2, -0.15) is 8.78 Å². The second kappa shape index (κ2) is 6.45. The van der Waals surface area contributed by atoms with Crippen LogP contribution in [0.25, 0.3) is 0 Å². The van der Waals surface area contributed by atoms with E-state index in [0.29, 0.717) is 5.69 Å². The third kappa shape index (κ3) is 4.35. The number of hydrogen-bond donors (Lipinski definition) is 1. The molecule has 1 amide bonds. The first-order chi connectivity index (χ1) is 9.94. The summed E-state index contributed by atoms with van der Waals surface area (Å²) in [6, 6.07) is 6.79. The van der Waals surface area contributed by atoms with E-state index in [1.54, 1.807) is 13.0 Å². The number of aryl methyl sites for hydroxylation is 1. The van der Waals surface area contributed by atoms with Crippen LogP contribution in [0.1, 0.15) is 16.1 Å². The molecule has 0 aliphatic carbocycles. The molecular weight excluding hydrogens is 304 g/mol. The molecule has 21 heavy (non-hydrogen) atoms. The van der Waals surface area contributed by atoms with Gasteiger partial charge in [-0.15, -0.1) is 0 Å². The fourth-order valence-corrected chi connectivity index (χ4v) is 1.79. The van der Waals surface area contributed by atoms with E-state index in [2.05, 4.69) is 20.0 Å². The Morgan fingerprint density at radius 3 is 2.52 bits per heavy atom. The summed E-state index contributed by atoms with van der Waals surface area (Å²) in [5.74, 6) is -0.449. The van der Waals surface area contributed by atoms with Crippen molar-refractivity contribution in [1.82, 2.24) is 9.97 Å². The third-order valence-electron chi connectivity index (χ3n) is 2.39. The molecule has 0 aliphatic heterocycles. The number of amides is 1. The Hall–Kier alpha value is -2.28. The first kappa shape index (κ1) is 15.1. The Morgan fingerprint density at radius 2 is 1.95 bits per heavy atom. The van der Waals surface area contributed by atoms with E-state index in [4.69, 9.17) is 11.6 Å². The maximum Gasteiger partial charge on any atom is 0.387 e. The van der Waals surface area contributed by atoms with Crippen molar-refractivity contribution in [2.45, 2.75) is 13.5 Å². The summed E-state index contributed by atoms with van der Waals surface area (Å²) < 4.78 is 28.2. The summed E-state index contributed by atoms with van der Waals surface area (Å²) in [7, 11) is 0. The van der Waals surface area contributed by atoms with Gasteiger partial charge in [0.05, 0.1) is 0 Å². The van der Waals surface area contributed by atoms with Crippen molar-refractivity contribution in [2.24, 2.45) is 0 Å². The lowest BCUT2D eigenvalue weighted by Crippen LogP contribution is -2.14. The molecule has 8 heteroatoms. The predicted octanol–water partition coefficient (Wildman–Crippen LogP) is 3.29. The quantitative estimate of drug-likeness (QED) is 0.880. The summed E-state index contributed by atoms with van der Waals surface area (Å²) >= 11 is 5.76. The molecule has 0 atom stereocenters. The number of nitrogens with one attached hydrogen (secondary N) is 1. The highest BCUT2D eigenvalue weighted by Crippen LogP contribution is 2.16. The molecule has 5 nitrogen and oxygen atoms in total. The smallest absolute Gasteiger partial charge is 0.387 e. The van der Waals surface area contributed by atoms with Crippen LogP contribution in [0.3, 0.4) is 0 Å². The molecule has 2 aromatic rings. The first-order valence-electron chi connectivity index (χ1n) is 5.81. The summed E-state index contributed by atoms with van der Waals surface area (Å²) in [5.41, 5.74) is 0.851. The van der Waals surface area contributed by atoms with Gasteiger partial charge in [0.15, 0.2) is 0 Å². The summed E-state index contributed by atoms with van der Waals surface area (Å²) in [6.45, 7) is -1.20. The zero-order valence-electron chi connectivity index (χ0n) is 10.8. The maximum absolute atomic E-state index is 12.0. The number of benzene rings is 1. The molecule has 0 aliphatic rings. The summed E-state index contributed by atoms with van der Waals surface area (Å²) in [6.07, 6.45) is 0. The van der Waals surface area contributed by atoms with Crippen molar-refractivity contribution >= 4 is 23.5 Å².